The van der Waals surface area contributed by atoms with Crippen molar-refractivity contribution in [2.45, 2.75) is 26.3 Å². The van der Waals surface area contributed by atoms with E-state index in [-0.39, 0.29) is 0 Å². The van der Waals surface area contributed by atoms with Gasteiger partial charge in [0.1, 0.15) is 12.1 Å². The molecule has 1 aromatic heterocycles. The molecule has 0 amide bonds. The molecule has 0 unspecified atom stereocenters. The second-order valence-corrected chi connectivity index (χ2v) is 2.99. The molecule has 3 heteroatoms. The maximum Gasteiger partial charge on any atom is 0.341 e. The third kappa shape index (κ3) is 2.86. The van der Waals surface area contributed by atoms with Crippen LogP contribution in [-0.4, -0.2) is 11.1 Å². The van der Waals surface area contributed by atoms with Gasteiger partial charge in [-0.15, -0.1) is 0 Å². The highest BCUT2D eigenvalue weighted by Crippen LogP contribution is 1.94. The van der Waals surface area contributed by atoms with Crippen LogP contribution in [0.5, 0.6) is 0 Å². The molecule has 0 aliphatic heterocycles. The van der Waals surface area contributed by atoms with Gasteiger partial charge < -0.3 is 5.11 Å². The zero-order valence-electron chi connectivity index (χ0n) is 7.73. The van der Waals surface area contributed by atoms with Crippen molar-refractivity contribution in [2.24, 2.45) is 0 Å². The monoisotopic (exact) mass is 180 g/mol. The molecule has 13 heavy (non-hydrogen) atoms. The van der Waals surface area contributed by atoms with Gasteiger partial charge >= 0.3 is 5.97 Å². The van der Waals surface area contributed by atoms with E-state index < -0.39 is 5.97 Å². The minimum atomic E-state index is -0.870. The highest BCUT2D eigenvalue weighted by Gasteiger charge is 2.07. The smallest absolute Gasteiger partial charge is 0.341 e. The number of hydrogen-bond donors (Lipinski definition) is 1. The van der Waals surface area contributed by atoms with E-state index >= 15 is 0 Å². The standard InChI is InChI=1S/C10H13NO2/c1-2-3-6-11-7-4-5-9(8-11)10(12)13/h4-5,7-8H,2-3,6H2,1H3/p+1. The molecule has 0 aliphatic carbocycles. The molecule has 0 spiro atoms. The summed E-state index contributed by atoms with van der Waals surface area (Å²) in [5.41, 5.74) is 0.346. The van der Waals surface area contributed by atoms with Gasteiger partial charge in [-0.25, -0.2) is 9.36 Å². The van der Waals surface area contributed by atoms with Crippen molar-refractivity contribution in [3.63, 3.8) is 0 Å². The third-order valence-electron chi connectivity index (χ3n) is 1.88. The molecule has 3 nitrogen and oxygen atoms in total. The Kier molecular flexibility index (Phi) is 3.43. The fourth-order valence-electron chi connectivity index (χ4n) is 1.13. The zero-order chi connectivity index (χ0) is 9.68. The Balaban J connectivity index is 2.73. The molecular weight excluding hydrogens is 166 g/mol. The van der Waals surface area contributed by atoms with Crippen LogP contribution in [0.3, 0.4) is 0 Å². The van der Waals surface area contributed by atoms with E-state index in [1.807, 2.05) is 10.8 Å². The molecule has 1 N–H and O–H groups in total. The van der Waals surface area contributed by atoms with Crippen LogP contribution in [0.2, 0.25) is 0 Å². The summed E-state index contributed by atoms with van der Waals surface area (Å²) < 4.78 is 1.91. The summed E-state index contributed by atoms with van der Waals surface area (Å²) in [4.78, 5) is 10.6. The Bertz CT molecular complexity index is 297. The van der Waals surface area contributed by atoms with Gasteiger partial charge in [0, 0.05) is 12.5 Å². The van der Waals surface area contributed by atoms with Gasteiger partial charge in [0.2, 0.25) is 0 Å². The van der Waals surface area contributed by atoms with Crippen LogP contribution in [-0.2, 0) is 6.54 Å². The minimum absolute atomic E-state index is 0.346. The lowest BCUT2D eigenvalue weighted by Crippen LogP contribution is -2.33. The summed E-state index contributed by atoms with van der Waals surface area (Å²) in [5, 5.41) is 8.72. The van der Waals surface area contributed by atoms with Crippen molar-refractivity contribution in [2.75, 3.05) is 0 Å². The van der Waals surface area contributed by atoms with Crippen LogP contribution >= 0.6 is 0 Å². The number of pyridine rings is 1. The molecule has 0 atom stereocenters. The van der Waals surface area contributed by atoms with Gasteiger partial charge in [-0.05, 0) is 6.07 Å². The Morgan fingerprint density at radius 3 is 3.00 bits per heavy atom. The first-order valence-corrected chi connectivity index (χ1v) is 4.46. The molecule has 70 valence electrons. The zero-order valence-corrected chi connectivity index (χ0v) is 7.73. The number of aromatic carboxylic acids is 1. The van der Waals surface area contributed by atoms with Crippen molar-refractivity contribution in [1.82, 2.24) is 0 Å². The van der Waals surface area contributed by atoms with E-state index in [4.69, 9.17) is 5.11 Å². The molecule has 1 rings (SSSR count). The quantitative estimate of drug-likeness (QED) is 0.713. The maximum atomic E-state index is 10.6. The summed E-state index contributed by atoms with van der Waals surface area (Å²) in [5.74, 6) is -0.870. The number of unbranched alkanes of at least 4 members (excludes halogenated alkanes) is 1. The van der Waals surface area contributed by atoms with Crippen molar-refractivity contribution in [3.8, 4) is 0 Å². The fourth-order valence-corrected chi connectivity index (χ4v) is 1.13. The van der Waals surface area contributed by atoms with Gasteiger partial charge in [0.25, 0.3) is 0 Å². The SMILES string of the molecule is CCCC[n+]1cccc(C(=O)O)c1. The summed E-state index contributed by atoms with van der Waals surface area (Å²) >= 11 is 0. The highest BCUT2D eigenvalue weighted by atomic mass is 16.4. The average molecular weight is 180 g/mol. The number of nitrogens with zero attached hydrogens (tertiary/aromatic N) is 1. The molecule has 0 saturated carbocycles. The van der Waals surface area contributed by atoms with Gasteiger partial charge in [0.15, 0.2) is 12.4 Å². The van der Waals surface area contributed by atoms with E-state index in [0.717, 1.165) is 19.4 Å². The first-order valence-electron chi connectivity index (χ1n) is 4.46. The Hall–Kier alpha value is -1.38. The van der Waals surface area contributed by atoms with Gasteiger partial charge in [-0.1, -0.05) is 13.3 Å². The largest absolute Gasteiger partial charge is 0.477 e. The number of hydrogen-bond acceptors (Lipinski definition) is 1. The van der Waals surface area contributed by atoms with Crippen molar-refractivity contribution < 1.29 is 14.5 Å². The molecule has 0 aliphatic rings. The summed E-state index contributed by atoms with van der Waals surface area (Å²) in [6, 6.07) is 3.36. The maximum absolute atomic E-state index is 10.6. The van der Waals surface area contributed by atoms with Crippen LogP contribution in [0.4, 0.5) is 0 Å². The van der Waals surface area contributed by atoms with Crippen LogP contribution in [0.15, 0.2) is 24.5 Å². The first kappa shape index (κ1) is 9.71. The van der Waals surface area contributed by atoms with Crippen LogP contribution in [0.1, 0.15) is 30.1 Å². The molecule has 0 bridgehead atoms. The number of carboxylic acids is 1. The molecule has 0 fully saturated rings. The lowest BCUT2D eigenvalue weighted by Gasteiger charge is -1.95. The van der Waals surface area contributed by atoms with E-state index in [1.54, 1.807) is 18.3 Å². The lowest BCUT2D eigenvalue weighted by atomic mass is 10.3. The minimum Gasteiger partial charge on any atom is -0.477 e. The van der Waals surface area contributed by atoms with Crippen LogP contribution in [0.25, 0.3) is 0 Å². The fraction of sp³-hybridized carbons (Fsp3) is 0.400. The number of carboxylic acid groups (broad SMARTS) is 1. The summed E-state index contributed by atoms with van der Waals surface area (Å²) in [6.07, 6.45) is 5.75. The van der Waals surface area contributed by atoms with Crippen LogP contribution in [0, 0.1) is 0 Å². The number of rotatable bonds is 4. The van der Waals surface area contributed by atoms with E-state index in [9.17, 15) is 4.79 Å². The van der Waals surface area contributed by atoms with Gasteiger partial charge in [-0.2, -0.15) is 0 Å². The summed E-state index contributed by atoms with van der Waals surface area (Å²) in [6.45, 7) is 3.00. The van der Waals surface area contributed by atoms with Crippen LogP contribution < -0.4 is 4.57 Å². The normalized spacial score (nSPS) is 9.92. The highest BCUT2D eigenvalue weighted by molar-refractivity contribution is 5.86. The second kappa shape index (κ2) is 4.60. The Labute approximate surface area is 77.6 Å². The van der Waals surface area contributed by atoms with E-state index in [1.165, 1.54) is 0 Å². The van der Waals surface area contributed by atoms with Crippen molar-refractivity contribution in [3.05, 3.63) is 30.1 Å². The van der Waals surface area contributed by atoms with Crippen molar-refractivity contribution in [1.29, 1.82) is 0 Å². The predicted octanol–water partition coefficient (Wildman–Crippen LogP) is 1.47. The number of aryl methyl sites for hydroxylation is 1. The molecule has 0 aromatic carbocycles. The number of aromatic nitrogens is 1. The number of carbonyl (C=O) groups is 1. The Morgan fingerprint density at radius 2 is 2.38 bits per heavy atom. The average Bonchev–Trinajstić information content (AvgIpc) is 2.15. The third-order valence-corrected chi connectivity index (χ3v) is 1.88. The lowest BCUT2D eigenvalue weighted by molar-refractivity contribution is -0.697. The van der Waals surface area contributed by atoms with Crippen molar-refractivity contribution >= 4 is 5.97 Å². The second-order valence-electron chi connectivity index (χ2n) is 2.99. The Morgan fingerprint density at radius 1 is 1.62 bits per heavy atom. The molecule has 1 aromatic rings. The predicted molar refractivity (Wildman–Crippen MR) is 48.5 cm³/mol. The van der Waals surface area contributed by atoms with E-state index in [0.29, 0.717) is 5.56 Å². The van der Waals surface area contributed by atoms with Gasteiger partial charge in [-0.3, -0.25) is 0 Å². The topological polar surface area (TPSA) is 41.2 Å². The molecule has 0 saturated heterocycles. The first-order chi connectivity index (χ1) is 6.24. The molecule has 1 heterocycles. The molecular formula is C10H14NO2+. The molecule has 0 radical (unpaired) electrons. The van der Waals surface area contributed by atoms with E-state index in [2.05, 4.69) is 6.92 Å². The summed E-state index contributed by atoms with van der Waals surface area (Å²) in [7, 11) is 0. The van der Waals surface area contributed by atoms with Gasteiger partial charge in [0.05, 0.1) is 0 Å².